The molecule has 0 fully saturated rings. The lowest BCUT2D eigenvalue weighted by Crippen LogP contribution is -2.30. The van der Waals surface area contributed by atoms with Crippen molar-refractivity contribution in [3.63, 3.8) is 0 Å². The first-order valence-corrected chi connectivity index (χ1v) is 12.0. The third kappa shape index (κ3) is 5.63. The highest BCUT2D eigenvalue weighted by atomic mass is 16.5. The lowest BCUT2D eigenvalue weighted by Gasteiger charge is -2.18. The van der Waals surface area contributed by atoms with Crippen LogP contribution in [0, 0.1) is 0 Å². The Morgan fingerprint density at radius 1 is 0.917 bits per heavy atom. The van der Waals surface area contributed by atoms with Crippen LogP contribution in [0.2, 0.25) is 0 Å². The van der Waals surface area contributed by atoms with Crippen LogP contribution in [-0.2, 0) is 6.54 Å². The Labute approximate surface area is 211 Å². The van der Waals surface area contributed by atoms with Crippen molar-refractivity contribution in [3.05, 3.63) is 102 Å². The van der Waals surface area contributed by atoms with Crippen molar-refractivity contribution in [3.8, 4) is 17.0 Å². The van der Waals surface area contributed by atoms with Gasteiger partial charge in [-0.3, -0.25) is 14.3 Å². The first-order chi connectivity index (χ1) is 17.5. The summed E-state index contributed by atoms with van der Waals surface area (Å²) in [5.41, 5.74) is 4.13. The number of hydrogen-bond acceptors (Lipinski definition) is 4. The number of methoxy groups -OCH3 is 1. The molecule has 0 unspecified atom stereocenters. The normalized spacial score (nSPS) is 10.6. The first-order valence-electron chi connectivity index (χ1n) is 12.0. The Morgan fingerprint density at radius 3 is 2.19 bits per heavy atom. The van der Waals surface area contributed by atoms with Crippen LogP contribution in [0.3, 0.4) is 0 Å². The number of benzene rings is 3. The van der Waals surface area contributed by atoms with Crippen LogP contribution in [0.25, 0.3) is 11.3 Å². The lowest BCUT2D eigenvalue weighted by molar-refractivity contribution is 0.0773. The highest BCUT2D eigenvalue weighted by Crippen LogP contribution is 2.26. The fourth-order valence-electron chi connectivity index (χ4n) is 3.99. The molecule has 4 aromatic rings. The van der Waals surface area contributed by atoms with Crippen molar-refractivity contribution in [1.29, 1.82) is 0 Å². The minimum absolute atomic E-state index is 0.0261. The van der Waals surface area contributed by atoms with Crippen LogP contribution in [-0.4, -0.2) is 46.7 Å². The summed E-state index contributed by atoms with van der Waals surface area (Å²) in [4.78, 5) is 27.7. The molecule has 2 amide bonds. The highest BCUT2D eigenvalue weighted by Gasteiger charge is 2.19. The van der Waals surface area contributed by atoms with Gasteiger partial charge in [-0.2, -0.15) is 5.10 Å². The van der Waals surface area contributed by atoms with Gasteiger partial charge in [0.2, 0.25) is 0 Å². The number of aromatic nitrogens is 2. The Morgan fingerprint density at radius 2 is 1.58 bits per heavy atom. The summed E-state index contributed by atoms with van der Waals surface area (Å²) < 4.78 is 7.04. The largest absolute Gasteiger partial charge is 0.497 e. The molecule has 0 spiro atoms. The molecule has 0 aliphatic carbocycles. The predicted octanol–water partition coefficient (Wildman–Crippen LogP) is 5.34. The van der Waals surface area contributed by atoms with Crippen molar-refractivity contribution in [1.82, 2.24) is 14.7 Å². The van der Waals surface area contributed by atoms with Crippen LogP contribution >= 0.6 is 0 Å². The van der Waals surface area contributed by atoms with E-state index in [9.17, 15) is 9.59 Å². The maximum atomic E-state index is 13.4. The molecule has 3 aromatic carbocycles. The zero-order chi connectivity index (χ0) is 25.5. The molecule has 0 radical (unpaired) electrons. The molecule has 36 heavy (non-hydrogen) atoms. The molecule has 0 bridgehead atoms. The Kier molecular flexibility index (Phi) is 7.80. The van der Waals surface area contributed by atoms with Gasteiger partial charge in [0.1, 0.15) is 11.4 Å². The fraction of sp³-hybridized carbons (Fsp3) is 0.207. The molecule has 0 saturated heterocycles. The molecule has 7 heteroatoms. The smallest absolute Gasteiger partial charge is 0.259 e. The van der Waals surface area contributed by atoms with Crippen LogP contribution in [0.1, 0.15) is 40.1 Å². The van der Waals surface area contributed by atoms with Crippen molar-refractivity contribution < 1.29 is 14.3 Å². The van der Waals surface area contributed by atoms with E-state index >= 15 is 0 Å². The van der Waals surface area contributed by atoms with Crippen molar-refractivity contribution in [2.24, 2.45) is 0 Å². The molecule has 1 heterocycles. The summed E-state index contributed by atoms with van der Waals surface area (Å²) in [5.74, 6) is 0.428. The second-order valence-corrected chi connectivity index (χ2v) is 8.31. The summed E-state index contributed by atoms with van der Waals surface area (Å²) in [5, 5.41) is 7.68. The average molecular weight is 483 g/mol. The molecule has 1 N–H and O–H groups in total. The lowest BCUT2D eigenvalue weighted by atomic mass is 10.1. The van der Waals surface area contributed by atoms with E-state index in [0.717, 1.165) is 16.9 Å². The molecule has 1 aromatic heterocycles. The van der Waals surface area contributed by atoms with Gasteiger partial charge in [-0.25, -0.2) is 0 Å². The van der Waals surface area contributed by atoms with E-state index in [1.807, 2.05) is 68.4 Å². The van der Waals surface area contributed by atoms with E-state index in [-0.39, 0.29) is 11.8 Å². The monoisotopic (exact) mass is 482 g/mol. The standard InChI is InChI=1S/C29H30N4O3/c1-4-32(5-2)29(35)23-11-15-24(16-12-23)30-28(34)26-20-33(19-21-9-7-6-8-10-21)31-27(26)22-13-17-25(36-3)18-14-22/h6-18,20H,4-5,19H2,1-3H3,(H,30,34). The number of amides is 2. The third-order valence-corrected chi connectivity index (χ3v) is 6.00. The van der Waals surface area contributed by atoms with Crippen LogP contribution in [0.5, 0.6) is 5.75 Å². The number of rotatable bonds is 9. The molecule has 0 atom stereocenters. The Hall–Kier alpha value is -4.39. The zero-order valence-electron chi connectivity index (χ0n) is 20.8. The van der Waals surface area contributed by atoms with E-state index in [1.165, 1.54) is 0 Å². The average Bonchev–Trinajstić information content (AvgIpc) is 3.34. The number of anilines is 1. The number of hydrogen-bond donors (Lipinski definition) is 1. The molecule has 0 saturated carbocycles. The number of nitrogens with one attached hydrogen (secondary N) is 1. The molecule has 4 rings (SSSR count). The SMILES string of the molecule is CCN(CC)C(=O)c1ccc(NC(=O)c2cn(Cc3ccccc3)nc2-c2ccc(OC)cc2)cc1. The van der Waals surface area contributed by atoms with Crippen LogP contribution < -0.4 is 10.1 Å². The number of carbonyl (C=O) groups excluding carboxylic acids is 2. The number of ether oxygens (including phenoxy) is 1. The fourth-order valence-corrected chi connectivity index (χ4v) is 3.99. The molecular formula is C29H30N4O3. The minimum Gasteiger partial charge on any atom is -0.497 e. The van der Waals surface area contributed by atoms with Gasteiger partial charge in [0.05, 0.1) is 19.2 Å². The summed E-state index contributed by atoms with van der Waals surface area (Å²) in [7, 11) is 1.61. The zero-order valence-corrected chi connectivity index (χ0v) is 20.8. The van der Waals surface area contributed by atoms with Crippen molar-refractivity contribution >= 4 is 17.5 Å². The minimum atomic E-state index is -0.275. The van der Waals surface area contributed by atoms with Crippen LogP contribution in [0.4, 0.5) is 5.69 Å². The van der Waals surface area contributed by atoms with Gasteiger partial charge in [-0.15, -0.1) is 0 Å². The molecular weight excluding hydrogens is 452 g/mol. The quantitative estimate of drug-likeness (QED) is 0.349. The predicted molar refractivity (Wildman–Crippen MR) is 141 cm³/mol. The van der Waals surface area contributed by atoms with Gasteiger partial charge in [0, 0.05) is 36.1 Å². The molecule has 7 nitrogen and oxygen atoms in total. The second kappa shape index (κ2) is 11.4. The van der Waals surface area contributed by atoms with Gasteiger partial charge < -0.3 is 15.0 Å². The van der Waals surface area contributed by atoms with Crippen LogP contribution in [0.15, 0.2) is 85.1 Å². The van der Waals surface area contributed by atoms with E-state index < -0.39 is 0 Å². The van der Waals surface area contributed by atoms with Gasteiger partial charge in [0.15, 0.2) is 0 Å². The van der Waals surface area contributed by atoms with E-state index in [0.29, 0.717) is 42.1 Å². The molecule has 184 valence electrons. The molecule has 0 aliphatic heterocycles. The summed E-state index contributed by atoms with van der Waals surface area (Å²) in [6.07, 6.45) is 1.76. The van der Waals surface area contributed by atoms with Gasteiger partial charge in [0.25, 0.3) is 11.8 Å². The topological polar surface area (TPSA) is 76.5 Å². The molecule has 0 aliphatic rings. The second-order valence-electron chi connectivity index (χ2n) is 8.31. The highest BCUT2D eigenvalue weighted by molar-refractivity contribution is 6.08. The number of carbonyl (C=O) groups is 2. The Balaban J connectivity index is 1.60. The van der Waals surface area contributed by atoms with Gasteiger partial charge in [-0.1, -0.05) is 30.3 Å². The Bertz CT molecular complexity index is 1310. The van der Waals surface area contributed by atoms with Crippen molar-refractivity contribution in [2.45, 2.75) is 20.4 Å². The van der Waals surface area contributed by atoms with Gasteiger partial charge in [-0.05, 0) is 67.9 Å². The van der Waals surface area contributed by atoms with E-state index in [1.54, 1.807) is 47.2 Å². The van der Waals surface area contributed by atoms with E-state index in [4.69, 9.17) is 9.84 Å². The van der Waals surface area contributed by atoms with E-state index in [2.05, 4.69) is 5.32 Å². The van der Waals surface area contributed by atoms with Gasteiger partial charge >= 0.3 is 0 Å². The summed E-state index contributed by atoms with van der Waals surface area (Å²) in [6.45, 7) is 5.74. The maximum absolute atomic E-state index is 13.4. The van der Waals surface area contributed by atoms with Crippen molar-refractivity contribution in [2.75, 3.05) is 25.5 Å². The number of nitrogens with zero attached hydrogens (tertiary/aromatic N) is 3. The third-order valence-electron chi connectivity index (χ3n) is 6.00. The summed E-state index contributed by atoms with van der Waals surface area (Å²) in [6, 6.07) is 24.4. The first kappa shape index (κ1) is 24.7. The summed E-state index contributed by atoms with van der Waals surface area (Å²) >= 11 is 0. The maximum Gasteiger partial charge on any atom is 0.259 e.